The van der Waals surface area contributed by atoms with Gasteiger partial charge >= 0.3 is 5.97 Å². The normalized spacial score (nSPS) is 17.3. The maximum absolute atomic E-state index is 12.1. The monoisotopic (exact) mass is 360 g/mol. The van der Waals surface area contributed by atoms with Gasteiger partial charge in [0.1, 0.15) is 5.69 Å². The van der Waals surface area contributed by atoms with Gasteiger partial charge in [0.15, 0.2) is 0 Å². The van der Waals surface area contributed by atoms with Gasteiger partial charge in [0.2, 0.25) is 0 Å². The Labute approximate surface area is 149 Å². The van der Waals surface area contributed by atoms with E-state index in [1.54, 1.807) is 6.92 Å². The van der Waals surface area contributed by atoms with E-state index in [2.05, 4.69) is 18.8 Å². The van der Waals surface area contributed by atoms with Crippen LogP contribution in [0.2, 0.25) is 0 Å². The molecule has 1 aromatic heterocycles. The van der Waals surface area contributed by atoms with Crippen LogP contribution in [0.25, 0.3) is 5.03 Å². The first-order valence-corrected chi connectivity index (χ1v) is 8.10. The van der Waals surface area contributed by atoms with E-state index in [1.807, 2.05) is 13.8 Å². The highest BCUT2D eigenvalue weighted by atomic mass is 35.5. The molecule has 2 rings (SSSR count). The standard InChI is InChI=1S/C17H25ClN2O2.ClH/c1-6-22-16(21)15-10(3)13-12(20-15)8-17(4,5)11(14(13)18)7-9(2)19;/h9,20H,6-8,19H2,1-5H3;1H. The fourth-order valence-corrected chi connectivity index (χ4v) is 3.77. The molecule has 0 radical (unpaired) electrons. The summed E-state index contributed by atoms with van der Waals surface area (Å²) < 4.78 is 5.12. The summed E-state index contributed by atoms with van der Waals surface area (Å²) in [5, 5.41) is 0.729. The second-order valence-corrected chi connectivity index (χ2v) is 7.11. The predicted octanol–water partition coefficient (Wildman–Crippen LogP) is 4.19. The highest BCUT2D eigenvalue weighted by Gasteiger charge is 2.36. The highest BCUT2D eigenvalue weighted by molar-refractivity contribution is 6.50. The smallest absolute Gasteiger partial charge is 0.355 e. The van der Waals surface area contributed by atoms with Crippen LogP contribution in [0.4, 0.5) is 0 Å². The van der Waals surface area contributed by atoms with Crippen LogP contribution in [0.1, 0.15) is 61.4 Å². The lowest BCUT2D eigenvalue weighted by molar-refractivity contribution is 0.0519. The van der Waals surface area contributed by atoms with Crippen molar-refractivity contribution < 1.29 is 9.53 Å². The Morgan fingerprint density at radius 2 is 2.09 bits per heavy atom. The zero-order chi connectivity index (χ0) is 16.7. The summed E-state index contributed by atoms with van der Waals surface area (Å²) in [7, 11) is 0. The van der Waals surface area contributed by atoms with Crippen molar-refractivity contribution in [3.05, 3.63) is 28.1 Å². The van der Waals surface area contributed by atoms with Crippen LogP contribution in [-0.2, 0) is 11.2 Å². The van der Waals surface area contributed by atoms with Gasteiger partial charge in [-0.25, -0.2) is 4.79 Å². The number of nitrogens with one attached hydrogen (secondary N) is 1. The molecular formula is C17H26Cl2N2O2. The average molecular weight is 361 g/mol. The Balaban J connectivity index is 0.00000264. The summed E-state index contributed by atoms with van der Waals surface area (Å²) in [5.74, 6) is -0.328. The second kappa shape index (κ2) is 7.29. The lowest BCUT2D eigenvalue weighted by atomic mass is 9.72. The van der Waals surface area contributed by atoms with Crippen molar-refractivity contribution in [2.45, 2.75) is 53.5 Å². The fraction of sp³-hybridized carbons (Fsp3) is 0.588. The molecule has 0 spiro atoms. The number of ether oxygens (including phenoxy) is 1. The number of hydrogen-bond acceptors (Lipinski definition) is 3. The van der Waals surface area contributed by atoms with E-state index in [0.29, 0.717) is 12.3 Å². The summed E-state index contributed by atoms with van der Waals surface area (Å²) >= 11 is 6.69. The van der Waals surface area contributed by atoms with Gasteiger partial charge in [-0.1, -0.05) is 25.4 Å². The Kier molecular flexibility index (Phi) is 6.36. The lowest BCUT2D eigenvalue weighted by Gasteiger charge is -2.34. The SMILES string of the molecule is CCOC(=O)c1[nH]c2c(c1C)C(Cl)=C(CC(C)N)C(C)(C)C2.Cl. The molecule has 1 aromatic rings. The highest BCUT2D eigenvalue weighted by Crippen LogP contribution is 2.47. The minimum atomic E-state index is -0.328. The number of aromatic amines is 1. The minimum absolute atomic E-state index is 0. The van der Waals surface area contributed by atoms with Crippen molar-refractivity contribution in [2.75, 3.05) is 6.61 Å². The Bertz CT molecular complexity index is 631. The molecule has 1 aliphatic rings. The molecule has 3 N–H and O–H groups in total. The molecular weight excluding hydrogens is 335 g/mol. The third kappa shape index (κ3) is 3.76. The predicted molar refractivity (Wildman–Crippen MR) is 97.3 cm³/mol. The number of carbonyl (C=O) groups is 1. The quantitative estimate of drug-likeness (QED) is 0.790. The summed E-state index contributed by atoms with van der Waals surface area (Å²) in [6.45, 7) is 10.4. The van der Waals surface area contributed by atoms with Gasteiger partial charge in [0.05, 0.1) is 6.61 Å². The summed E-state index contributed by atoms with van der Waals surface area (Å²) in [5.41, 5.74) is 10.4. The van der Waals surface area contributed by atoms with Crippen molar-refractivity contribution in [1.29, 1.82) is 0 Å². The molecule has 6 heteroatoms. The van der Waals surface area contributed by atoms with Crippen LogP contribution < -0.4 is 5.73 Å². The molecule has 130 valence electrons. The van der Waals surface area contributed by atoms with Crippen molar-refractivity contribution in [2.24, 2.45) is 11.1 Å². The van der Waals surface area contributed by atoms with Gasteiger partial charge < -0.3 is 15.5 Å². The molecule has 1 unspecified atom stereocenters. The molecule has 0 bridgehead atoms. The lowest BCUT2D eigenvalue weighted by Crippen LogP contribution is -2.28. The fourth-order valence-electron chi connectivity index (χ4n) is 3.18. The van der Waals surface area contributed by atoms with E-state index in [9.17, 15) is 4.79 Å². The topological polar surface area (TPSA) is 68.1 Å². The Morgan fingerprint density at radius 1 is 1.48 bits per heavy atom. The van der Waals surface area contributed by atoms with E-state index >= 15 is 0 Å². The van der Waals surface area contributed by atoms with Gasteiger partial charge in [-0.05, 0) is 50.2 Å². The third-order valence-corrected chi connectivity index (χ3v) is 4.67. The van der Waals surface area contributed by atoms with Crippen molar-refractivity contribution in [1.82, 2.24) is 4.98 Å². The zero-order valence-electron chi connectivity index (χ0n) is 14.4. The molecule has 0 amide bonds. The number of H-pyrrole nitrogens is 1. The number of nitrogens with two attached hydrogens (primary N) is 1. The molecule has 23 heavy (non-hydrogen) atoms. The number of halogens is 2. The Hall–Kier alpha value is -0.970. The third-order valence-electron chi connectivity index (χ3n) is 4.25. The van der Waals surface area contributed by atoms with E-state index in [4.69, 9.17) is 22.1 Å². The van der Waals surface area contributed by atoms with Crippen LogP contribution >= 0.6 is 24.0 Å². The summed E-state index contributed by atoms with van der Waals surface area (Å²) in [4.78, 5) is 15.3. The first-order valence-electron chi connectivity index (χ1n) is 7.72. The number of fused-ring (bicyclic) bond motifs is 1. The van der Waals surface area contributed by atoms with Crippen LogP contribution in [0, 0.1) is 12.3 Å². The van der Waals surface area contributed by atoms with E-state index in [0.717, 1.165) is 40.3 Å². The number of hydrogen-bond donors (Lipinski definition) is 2. The second-order valence-electron chi connectivity index (χ2n) is 6.73. The molecule has 0 fully saturated rings. The molecule has 0 aromatic carbocycles. The van der Waals surface area contributed by atoms with Crippen LogP contribution in [0.15, 0.2) is 5.57 Å². The number of carbonyl (C=O) groups excluding carboxylic acids is 1. The first kappa shape index (κ1) is 20.1. The van der Waals surface area contributed by atoms with E-state index < -0.39 is 0 Å². The first-order chi connectivity index (χ1) is 10.2. The molecule has 1 atom stereocenters. The maximum atomic E-state index is 12.1. The van der Waals surface area contributed by atoms with Crippen molar-refractivity contribution in [3.8, 4) is 0 Å². The number of esters is 1. The average Bonchev–Trinajstić information content (AvgIpc) is 2.71. The minimum Gasteiger partial charge on any atom is -0.461 e. The van der Waals surface area contributed by atoms with E-state index in [1.165, 1.54) is 0 Å². The van der Waals surface area contributed by atoms with Gasteiger partial charge in [0.25, 0.3) is 0 Å². The van der Waals surface area contributed by atoms with Gasteiger partial charge in [-0.2, -0.15) is 0 Å². The van der Waals surface area contributed by atoms with Gasteiger partial charge in [-0.15, -0.1) is 12.4 Å². The van der Waals surface area contributed by atoms with Crippen LogP contribution in [0.3, 0.4) is 0 Å². The molecule has 1 aliphatic carbocycles. The number of rotatable bonds is 4. The number of aromatic nitrogens is 1. The van der Waals surface area contributed by atoms with E-state index in [-0.39, 0.29) is 29.8 Å². The van der Waals surface area contributed by atoms with Gasteiger partial charge in [-0.3, -0.25) is 0 Å². The molecule has 4 nitrogen and oxygen atoms in total. The summed E-state index contributed by atoms with van der Waals surface area (Å²) in [6.07, 6.45) is 1.56. The molecule has 1 heterocycles. The van der Waals surface area contributed by atoms with Gasteiger partial charge in [0, 0.05) is 22.3 Å². The maximum Gasteiger partial charge on any atom is 0.355 e. The van der Waals surface area contributed by atoms with Crippen molar-refractivity contribution in [3.63, 3.8) is 0 Å². The molecule has 0 saturated heterocycles. The zero-order valence-corrected chi connectivity index (χ0v) is 16.0. The van der Waals surface area contributed by atoms with Crippen LogP contribution in [-0.4, -0.2) is 23.6 Å². The van der Waals surface area contributed by atoms with Crippen LogP contribution in [0.5, 0.6) is 0 Å². The molecule has 0 saturated carbocycles. The summed E-state index contributed by atoms with van der Waals surface area (Å²) in [6, 6.07) is 0.0494. The Morgan fingerprint density at radius 3 is 2.61 bits per heavy atom. The largest absolute Gasteiger partial charge is 0.461 e. The van der Waals surface area contributed by atoms with Crippen molar-refractivity contribution >= 4 is 35.0 Å². The molecule has 0 aliphatic heterocycles.